The third-order valence-electron chi connectivity index (χ3n) is 3.69. The predicted octanol–water partition coefficient (Wildman–Crippen LogP) is 3.47. The molecule has 2 heterocycles. The highest BCUT2D eigenvalue weighted by atomic mass is 79.9. The van der Waals surface area contributed by atoms with Crippen LogP contribution in [0.25, 0.3) is 0 Å². The number of carbonyl (C=O) groups excluding carboxylic acids is 1. The van der Waals surface area contributed by atoms with Gasteiger partial charge in [0.05, 0.1) is 3.79 Å². The summed E-state index contributed by atoms with van der Waals surface area (Å²) in [4.78, 5) is 15.5. The van der Waals surface area contributed by atoms with Gasteiger partial charge in [0.15, 0.2) is 0 Å². The van der Waals surface area contributed by atoms with Crippen molar-refractivity contribution in [1.29, 1.82) is 0 Å². The molecule has 1 aliphatic heterocycles. The molecule has 0 saturated carbocycles. The van der Waals surface area contributed by atoms with Crippen LogP contribution < -0.4 is 5.32 Å². The van der Waals surface area contributed by atoms with E-state index in [0.717, 1.165) is 38.8 Å². The maximum Gasteiger partial charge on any atom is 0.222 e. The third kappa shape index (κ3) is 5.35. The Bertz CT molecular complexity index is 421. The first kappa shape index (κ1) is 18.0. The average molecular weight is 382 g/mol. The molecule has 6 heteroatoms. The maximum absolute atomic E-state index is 12.1. The van der Waals surface area contributed by atoms with Gasteiger partial charge in [0.25, 0.3) is 0 Å². The maximum atomic E-state index is 12.1. The van der Waals surface area contributed by atoms with Crippen LogP contribution >= 0.6 is 39.7 Å². The van der Waals surface area contributed by atoms with Gasteiger partial charge < -0.3 is 10.2 Å². The molecule has 1 amide bonds. The summed E-state index contributed by atoms with van der Waals surface area (Å²) in [6.45, 7) is 2.07. The van der Waals surface area contributed by atoms with Crippen LogP contribution in [0.2, 0.25) is 0 Å². The molecule has 3 nitrogen and oxygen atoms in total. The SMILES string of the molecule is CN(C(=O)CCCc1ccc(Br)s1)C1CCNCC1.Cl. The lowest BCUT2D eigenvalue weighted by molar-refractivity contribution is -0.132. The van der Waals surface area contributed by atoms with Crippen LogP contribution in [0, 0.1) is 0 Å². The molecule has 1 fully saturated rings. The Morgan fingerprint density at radius 2 is 2.15 bits per heavy atom. The van der Waals surface area contributed by atoms with E-state index in [4.69, 9.17) is 0 Å². The predicted molar refractivity (Wildman–Crippen MR) is 90.9 cm³/mol. The molecular formula is C14H22BrClN2OS. The van der Waals surface area contributed by atoms with Crippen LogP contribution in [-0.2, 0) is 11.2 Å². The number of piperidine rings is 1. The second kappa shape index (κ2) is 9.03. The number of hydrogen-bond donors (Lipinski definition) is 1. The summed E-state index contributed by atoms with van der Waals surface area (Å²) in [6.07, 6.45) is 4.78. The van der Waals surface area contributed by atoms with Gasteiger partial charge in [-0.05, 0) is 66.8 Å². The molecule has 0 aromatic carbocycles. The average Bonchev–Trinajstić information content (AvgIpc) is 2.84. The topological polar surface area (TPSA) is 32.3 Å². The second-order valence-electron chi connectivity index (χ2n) is 5.05. The number of nitrogens with zero attached hydrogens (tertiary/aromatic N) is 1. The van der Waals surface area contributed by atoms with E-state index in [-0.39, 0.29) is 12.4 Å². The van der Waals surface area contributed by atoms with Crippen LogP contribution in [0.4, 0.5) is 0 Å². The van der Waals surface area contributed by atoms with Crippen molar-refractivity contribution in [2.24, 2.45) is 0 Å². The molecule has 0 radical (unpaired) electrons. The monoisotopic (exact) mass is 380 g/mol. The van der Waals surface area contributed by atoms with E-state index < -0.39 is 0 Å². The molecule has 0 bridgehead atoms. The Balaban J connectivity index is 0.00000200. The molecule has 1 N–H and O–H groups in total. The van der Waals surface area contributed by atoms with Crippen LogP contribution in [0.1, 0.15) is 30.6 Å². The molecule has 2 rings (SSSR count). The lowest BCUT2D eigenvalue weighted by Crippen LogP contribution is -2.43. The molecule has 0 atom stereocenters. The lowest BCUT2D eigenvalue weighted by Gasteiger charge is -2.31. The van der Waals surface area contributed by atoms with Gasteiger partial charge in [-0.25, -0.2) is 0 Å². The summed E-state index contributed by atoms with van der Waals surface area (Å²) in [7, 11) is 1.96. The van der Waals surface area contributed by atoms with E-state index in [9.17, 15) is 4.79 Å². The van der Waals surface area contributed by atoms with Crippen molar-refractivity contribution >= 4 is 45.6 Å². The van der Waals surface area contributed by atoms with Crippen LogP contribution in [-0.4, -0.2) is 37.0 Å². The highest BCUT2D eigenvalue weighted by Crippen LogP contribution is 2.23. The number of aryl methyl sites for hydroxylation is 1. The van der Waals surface area contributed by atoms with Gasteiger partial charge in [-0.3, -0.25) is 4.79 Å². The number of hydrogen-bond acceptors (Lipinski definition) is 3. The van der Waals surface area contributed by atoms with Crippen molar-refractivity contribution in [3.05, 3.63) is 20.8 Å². The molecule has 0 unspecified atom stereocenters. The number of thiophene rings is 1. The van der Waals surface area contributed by atoms with Crippen molar-refractivity contribution in [1.82, 2.24) is 10.2 Å². The molecule has 20 heavy (non-hydrogen) atoms. The number of halogens is 2. The van der Waals surface area contributed by atoms with Crippen molar-refractivity contribution < 1.29 is 4.79 Å². The normalized spacial score (nSPS) is 15.7. The molecule has 1 aromatic rings. The van der Waals surface area contributed by atoms with E-state index >= 15 is 0 Å². The van der Waals surface area contributed by atoms with Crippen molar-refractivity contribution in [2.45, 2.75) is 38.1 Å². The van der Waals surface area contributed by atoms with Crippen LogP contribution in [0.15, 0.2) is 15.9 Å². The standard InChI is InChI=1S/C14H21BrN2OS.ClH/c1-17(11-7-9-16-10-8-11)14(18)4-2-3-12-5-6-13(15)19-12;/h5-6,11,16H,2-4,7-10H2,1H3;1H. The van der Waals surface area contributed by atoms with E-state index in [1.165, 1.54) is 8.66 Å². The van der Waals surface area contributed by atoms with Gasteiger partial charge in [0.2, 0.25) is 5.91 Å². The molecule has 1 aliphatic rings. The highest BCUT2D eigenvalue weighted by molar-refractivity contribution is 9.11. The van der Waals surface area contributed by atoms with Crippen LogP contribution in [0.5, 0.6) is 0 Å². The minimum absolute atomic E-state index is 0. The first-order chi connectivity index (χ1) is 9.16. The van der Waals surface area contributed by atoms with E-state index in [2.05, 4.69) is 33.4 Å². The van der Waals surface area contributed by atoms with E-state index in [1.54, 1.807) is 11.3 Å². The van der Waals surface area contributed by atoms with Crippen LogP contribution in [0.3, 0.4) is 0 Å². The zero-order valence-corrected chi connectivity index (χ0v) is 15.0. The smallest absolute Gasteiger partial charge is 0.222 e. The number of rotatable bonds is 5. The summed E-state index contributed by atoms with van der Waals surface area (Å²) < 4.78 is 1.17. The minimum Gasteiger partial charge on any atom is -0.343 e. The number of nitrogens with one attached hydrogen (secondary N) is 1. The Hall–Kier alpha value is -0.100. The first-order valence-corrected chi connectivity index (χ1v) is 8.48. The quantitative estimate of drug-likeness (QED) is 0.847. The van der Waals surface area contributed by atoms with Gasteiger partial charge in [0.1, 0.15) is 0 Å². The Morgan fingerprint density at radius 3 is 2.75 bits per heavy atom. The fourth-order valence-corrected chi connectivity index (χ4v) is 4.00. The van der Waals surface area contributed by atoms with Gasteiger partial charge in [-0.15, -0.1) is 23.7 Å². The molecule has 1 saturated heterocycles. The Morgan fingerprint density at radius 1 is 1.45 bits per heavy atom. The van der Waals surface area contributed by atoms with Crippen molar-refractivity contribution in [3.63, 3.8) is 0 Å². The zero-order chi connectivity index (χ0) is 13.7. The zero-order valence-electron chi connectivity index (χ0n) is 11.7. The molecular weight excluding hydrogens is 360 g/mol. The summed E-state index contributed by atoms with van der Waals surface area (Å²) in [5, 5.41) is 3.33. The molecule has 0 aliphatic carbocycles. The van der Waals surface area contributed by atoms with Crippen molar-refractivity contribution in [2.75, 3.05) is 20.1 Å². The third-order valence-corrected chi connectivity index (χ3v) is 5.38. The lowest BCUT2D eigenvalue weighted by atomic mass is 10.0. The Kier molecular flexibility index (Phi) is 8.10. The largest absolute Gasteiger partial charge is 0.343 e. The number of carbonyl (C=O) groups is 1. The van der Waals surface area contributed by atoms with Gasteiger partial charge >= 0.3 is 0 Å². The minimum atomic E-state index is 0. The summed E-state index contributed by atoms with van der Waals surface area (Å²) in [6, 6.07) is 4.64. The molecule has 1 aromatic heterocycles. The van der Waals surface area contributed by atoms with Gasteiger partial charge in [-0.2, -0.15) is 0 Å². The van der Waals surface area contributed by atoms with Crippen molar-refractivity contribution in [3.8, 4) is 0 Å². The molecule has 0 spiro atoms. The fraction of sp³-hybridized carbons (Fsp3) is 0.643. The first-order valence-electron chi connectivity index (χ1n) is 6.87. The summed E-state index contributed by atoms with van der Waals surface area (Å²) in [5.41, 5.74) is 0. The summed E-state index contributed by atoms with van der Waals surface area (Å²) >= 11 is 5.23. The second-order valence-corrected chi connectivity index (χ2v) is 7.59. The Labute approximate surface area is 139 Å². The summed E-state index contributed by atoms with van der Waals surface area (Å²) in [5.74, 6) is 0.294. The van der Waals surface area contributed by atoms with E-state index in [1.807, 2.05) is 11.9 Å². The highest BCUT2D eigenvalue weighted by Gasteiger charge is 2.21. The molecule has 114 valence electrons. The van der Waals surface area contributed by atoms with Gasteiger partial charge in [-0.1, -0.05) is 0 Å². The number of amides is 1. The van der Waals surface area contributed by atoms with Gasteiger partial charge in [0, 0.05) is 24.4 Å². The van der Waals surface area contributed by atoms with E-state index in [0.29, 0.717) is 18.4 Å². The fourth-order valence-electron chi connectivity index (χ4n) is 2.47.